The molecule has 1 fully saturated rings. The lowest BCUT2D eigenvalue weighted by Gasteiger charge is -2.28. The molecule has 122 valence electrons. The van der Waals surface area contributed by atoms with Gasteiger partial charge in [-0.15, -0.1) is 0 Å². The second kappa shape index (κ2) is 5.95. The highest BCUT2D eigenvalue weighted by molar-refractivity contribution is 5.97. The SMILES string of the molecule is COc1ccc(NC(=O)[C@@H]2[C@@H](C(=O)[O-])[C@H]3C=C[C@@H]2C3)c(OC)c1. The van der Waals surface area contributed by atoms with Crippen LogP contribution in [0.1, 0.15) is 6.42 Å². The maximum absolute atomic E-state index is 12.6. The number of aliphatic carboxylic acids is 1. The van der Waals surface area contributed by atoms with Crippen LogP contribution in [0.2, 0.25) is 0 Å². The number of allylic oxidation sites excluding steroid dienone is 2. The highest BCUT2D eigenvalue weighted by atomic mass is 16.5. The highest BCUT2D eigenvalue weighted by Gasteiger charge is 2.48. The standard InChI is InChI=1S/C17H19NO5/c1-22-11-5-6-12(13(8-11)23-2)18-16(19)14-9-3-4-10(7-9)15(14)17(20)21/h3-6,8-10,14-15H,7H2,1-2H3,(H,18,19)(H,20,21)/p-1/t9-,10+,14+,15+/m1/s1. The smallest absolute Gasteiger partial charge is 0.228 e. The monoisotopic (exact) mass is 316 g/mol. The molecule has 2 aliphatic carbocycles. The van der Waals surface area contributed by atoms with Crippen molar-refractivity contribution in [1.29, 1.82) is 0 Å². The lowest BCUT2D eigenvalue weighted by Crippen LogP contribution is -2.42. The molecule has 6 nitrogen and oxygen atoms in total. The Kier molecular flexibility index (Phi) is 3.98. The normalized spacial score (nSPS) is 27.7. The van der Waals surface area contributed by atoms with Crippen LogP contribution < -0.4 is 19.9 Å². The van der Waals surface area contributed by atoms with Crippen molar-refractivity contribution in [3.8, 4) is 11.5 Å². The van der Waals surface area contributed by atoms with Crippen LogP contribution in [0.15, 0.2) is 30.4 Å². The van der Waals surface area contributed by atoms with Crippen molar-refractivity contribution in [2.24, 2.45) is 23.7 Å². The Morgan fingerprint density at radius 1 is 1.13 bits per heavy atom. The van der Waals surface area contributed by atoms with E-state index in [4.69, 9.17) is 9.47 Å². The summed E-state index contributed by atoms with van der Waals surface area (Å²) in [7, 11) is 3.04. The molecule has 1 saturated carbocycles. The van der Waals surface area contributed by atoms with Crippen LogP contribution >= 0.6 is 0 Å². The summed E-state index contributed by atoms with van der Waals surface area (Å²) in [6.45, 7) is 0. The average Bonchev–Trinajstić information content (AvgIpc) is 3.16. The number of carboxylic acids is 1. The summed E-state index contributed by atoms with van der Waals surface area (Å²) in [5, 5.41) is 14.2. The maximum Gasteiger partial charge on any atom is 0.228 e. The lowest BCUT2D eigenvalue weighted by atomic mass is 9.82. The third-order valence-corrected chi connectivity index (χ3v) is 4.70. The van der Waals surface area contributed by atoms with E-state index in [1.165, 1.54) is 7.11 Å². The van der Waals surface area contributed by atoms with Crippen LogP contribution in [-0.4, -0.2) is 26.1 Å². The van der Waals surface area contributed by atoms with E-state index in [1.807, 2.05) is 12.2 Å². The third kappa shape index (κ3) is 2.65. The molecule has 0 radical (unpaired) electrons. The third-order valence-electron chi connectivity index (χ3n) is 4.70. The topological polar surface area (TPSA) is 87.7 Å². The lowest BCUT2D eigenvalue weighted by molar-refractivity contribution is -0.313. The number of nitrogens with one attached hydrogen (secondary N) is 1. The zero-order valence-corrected chi connectivity index (χ0v) is 12.9. The molecule has 0 heterocycles. The van der Waals surface area contributed by atoms with Gasteiger partial charge in [-0.05, 0) is 30.4 Å². The van der Waals surface area contributed by atoms with Gasteiger partial charge < -0.3 is 24.7 Å². The number of carboxylic acid groups (broad SMARTS) is 1. The predicted octanol–water partition coefficient (Wildman–Crippen LogP) is 0.830. The number of hydrogen-bond donors (Lipinski definition) is 1. The van der Waals surface area contributed by atoms with E-state index >= 15 is 0 Å². The first-order valence-corrected chi connectivity index (χ1v) is 7.47. The molecule has 0 aliphatic heterocycles. The average molecular weight is 316 g/mol. The fourth-order valence-corrected chi connectivity index (χ4v) is 3.62. The Morgan fingerprint density at radius 2 is 1.83 bits per heavy atom. The van der Waals surface area contributed by atoms with Gasteiger partial charge in [0.2, 0.25) is 5.91 Å². The second-order valence-electron chi connectivity index (χ2n) is 5.87. The number of carbonyl (C=O) groups excluding carboxylic acids is 2. The number of benzene rings is 1. The molecule has 1 amide bonds. The van der Waals surface area contributed by atoms with Crippen LogP contribution in [0.3, 0.4) is 0 Å². The molecule has 0 aromatic heterocycles. The van der Waals surface area contributed by atoms with Gasteiger partial charge in [-0.3, -0.25) is 4.79 Å². The van der Waals surface area contributed by atoms with E-state index in [0.717, 1.165) is 0 Å². The number of amides is 1. The molecule has 0 saturated heterocycles. The zero-order chi connectivity index (χ0) is 16.6. The Morgan fingerprint density at radius 3 is 2.43 bits per heavy atom. The van der Waals surface area contributed by atoms with Crippen molar-refractivity contribution in [2.45, 2.75) is 6.42 Å². The summed E-state index contributed by atoms with van der Waals surface area (Å²) in [5.41, 5.74) is 0.488. The van der Waals surface area contributed by atoms with Gasteiger partial charge in [-0.1, -0.05) is 12.2 Å². The minimum atomic E-state index is -1.16. The minimum Gasteiger partial charge on any atom is -0.550 e. The van der Waals surface area contributed by atoms with Crippen LogP contribution in [0.25, 0.3) is 0 Å². The molecule has 6 heteroatoms. The number of anilines is 1. The number of fused-ring (bicyclic) bond motifs is 2. The predicted molar refractivity (Wildman–Crippen MR) is 80.9 cm³/mol. The molecule has 2 aliphatic rings. The van der Waals surface area contributed by atoms with Crippen molar-refractivity contribution >= 4 is 17.6 Å². The van der Waals surface area contributed by atoms with Gasteiger partial charge in [-0.2, -0.15) is 0 Å². The van der Waals surface area contributed by atoms with E-state index < -0.39 is 17.8 Å². The van der Waals surface area contributed by atoms with Crippen LogP contribution in [-0.2, 0) is 9.59 Å². The largest absolute Gasteiger partial charge is 0.550 e. The minimum absolute atomic E-state index is 0.0489. The van der Waals surface area contributed by atoms with Crippen LogP contribution in [0, 0.1) is 23.7 Å². The summed E-state index contributed by atoms with van der Waals surface area (Å²) >= 11 is 0. The first-order valence-electron chi connectivity index (χ1n) is 7.47. The number of ether oxygens (including phenoxy) is 2. The number of carbonyl (C=O) groups is 2. The second-order valence-corrected chi connectivity index (χ2v) is 5.87. The fraction of sp³-hybridized carbons (Fsp3) is 0.412. The summed E-state index contributed by atoms with van der Waals surface area (Å²) in [5.74, 6) is -1.96. The molecule has 0 spiro atoms. The number of rotatable bonds is 5. The first kappa shape index (κ1) is 15.4. The van der Waals surface area contributed by atoms with Crippen LogP contribution in [0.4, 0.5) is 5.69 Å². The molecule has 2 bridgehead atoms. The van der Waals surface area contributed by atoms with Gasteiger partial charge in [0.25, 0.3) is 0 Å². The number of methoxy groups -OCH3 is 2. The summed E-state index contributed by atoms with van der Waals surface area (Å²) in [6.07, 6.45) is 4.50. The van der Waals surface area contributed by atoms with E-state index in [9.17, 15) is 14.7 Å². The van der Waals surface area contributed by atoms with E-state index in [0.29, 0.717) is 23.6 Å². The van der Waals surface area contributed by atoms with Crippen molar-refractivity contribution in [1.82, 2.24) is 0 Å². The van der Waals surface area contributed by atoms with Gasteiger partial charge in [0.1, 0.15) is 11.5 Å². The van der Waals surface area contributed by atoms with Crippen molar-refractivity contribution < 1.29 is 24.2 Å². The van der Waals surface area contributed by atoms with E-state index in [2.05, 4.69) is 5.32 Å². The Bertz CT molecular complexity index is 669. The van der Waals surface area contributed by atoms with Crippen LogP contribution in [0.5, 0.6) is 11.5 Å². The molecule has 0 unspecified atom stereocenters. The number of hydrogen-bond acceptors (Lipinski definition) is 5. The zero-order valence-electron chi connectivity index (χ0n) is 12.9. The molecule has 4 atom stereocenters. The summed E-state index contributed by atoms with van der Waals surface area (Å²) in [6, 6.07) is 5.04. The van der Waals surface area contributed by atoms with Gasteiger partial charge in [0.15, 0.2) is 0 Å². The molecular weight excluding hydrogens is 298 g/mol. The van der Waals surface area contributed by atoms with E-state index in [1.54, 1.807) is 25.3 Å². The molecular formula is C17H18NO5-. The van der Waals surface area contributed by atoms with Crippen molar-refractivity contribution in [2.75, 3.05) is 19.5 Å². The Hall–Kier alpha value is -2.50. The van der Waals surface area contributed by atoms with Gasteiger partial charge in [0.05, 0.1) is 25.8 Å². The van der Waals surface area contributed by atoms with Gasteiger partial charge >= 0.3 is 0 Å². The van der Waals surface area contributed by atoms with Gasteiger partial charge in [-0.25, -0.2) is 0 Å². The van der Waals surface area contributed by atoms with E-state index in [-0.39, 0.29) is 17.7 Å². The van der Waals surface area contributed by atoms with Gasteiger partial charge in [0, 0.05) is 18.0 Å². The Labute approximate surface area is 134 Å². The van der Waals surface area contributed by atoms with Crippen molar-refractivity contribution in [3.05, 3.63) is 30.4 Å². The summed E-state index contributed by atoms with van der Waals surface area (Å²) in [4.78, 5) is 24.0. The maximum atomic E-state index is 12.6. The quantitative estimate of drug-likeness (QED) is 0.813. The molecule has 1 aromatic rings. The molecule has 23 heavy (non-hydrogen) atoms. The highest BCUT2D eigenvalue weighted by Crippen LogP contribution is 2.48. The summed E-state index contributed by atoms with van der Waals surface area (Å²) < 4.78 is 10.4. The molecule has 1 aromatic carbocycles. The first-order chi connectivity index (χ1) is 11.0. The molecule has 3 rings (SSSR count). The van der Waals surface area contributed by atoms with Crippen molar-refractivity contribution in [3.63, 3.8) is 0 Å². The molecule has 1 N–H and O–H groups in total. The fourth-order valence-electron chi connectivity index (χ4n) is 3.62. The Balaban J connectivity index is 1.82.